The molecule has 8 heteroatoms. The molecule has 7 nitrogen and oxygen atoms in total. The van der Waals surface area contributed by atoms with Crippen LogP contribution in [-0.2, 0) is 35.5 Å². The highest BCUT2D eigenvalue weighted by molar-refractivity contribution is 6.30. The molecule has 1 atom stereocenters. The highest BCUT2D eigenvalue weighted by Gasteiger charge is 2.45. The molecule has 1 unspecified atom stereocenters. The van der Waals surface area contributed by atoms with Gasteiger partial charge in [0.05, 0.1) is 6.42 Å². The predicted molar refractivity (Wildman–Crippen MR) is 139 cm³/mol. The number of hydrogen-bond donors (Lipinski definition) is 2. The van der Waals surface area contributed by atoms with Crippen molar-refractivity contribution >= 4 is 23.5 Å². The summed E-state index contributed by atoms with van der Waals surface area (Å²) >= 11 is 6.00. The Hall–Kier alpha value is -4.10. The number of fused-ring (bicyclic) bond motifs is 1. The quantitative estimate of drug-likeness (QED) is 0.335. The van der Waals surface area contributed by atoms with Gasteiger partial charge in [-0.1, -0.05) is 54.1 Å². The lowest BCUT2D eigenvalue weighted by Crippen LogP contribution is -2.55. The summed E-state index contributed by atoms with van der Waals surface area (Å²) in [5.41, 5.74) is 3.87. The van der Waals surface area contributed by atoms with Crippen LogP contribution in [0.4, 0.5) is 0 Å². The van der Waals surface area contributed by atoms with Crippen LogP contribution in [-0.4, -0.2) is 27.5 Å². The second-order valence-electron chi connectivity index (χ2n) is 9.25. The Balaban J connectivity index is 1.23. The first kappa shape index (κ1) is 24.6. The van der Waals surface area contributed by atoms with E-state index in [4.69, 9.17) is 20.8 Å². The van der Waals surface area contributed by atoms with Crippen LogP contribution < -0.4 is 10.1 Å². The Kier molecular flexibility index (Phi) is 6.72. The number of benzene rings is 3. The molecule has 0 radical (unpaired) electrons. The molecule has 0 bridgehead atoms. The summed E-state index contributed by atoms with van der Waals surface area (Å²) in [6, 6.07) is 20.5. The average molecular weight is 517 g/mol. The summed E-state index contributed by atoms with van der Waals surface area (Å²) in [6.07, 6.45) is 2.06. The molecule has 1 aliphatic rings. The number of hydrogen-bond acceptors (Lipinski definition) is 5. The van der Waals surface area contributed by atoms with Crippen LogP contribution in [0.2, 0.25) is 5.02 Å². The number of oxazole rings is 1. The summed E-state index contributed by atoms with van der Waals surface area (Å²) in [5, 5.41) is 13.6. The molecule has 0 saturated heterocycles. The number of halogens is 1. The molecule has 5 rings (SSSR count). The number of nitrogens with one attached hydrogen (secondary N) is 1. The topological polar surface area (TPSA) is 102 Å². The largest absolute Gasteiger partial charge is 0.487 e. The summed E-state index contributed by atoms with van der Waals surface area (Å²) < 4.78 is 10.9. The Labute approximate surface area is 219 Å². The second-order valence-corrected chi connectivity index (χ2v) is 9.68. The molecule has 4 aromatic rings. The molecule has 188 valence electrons. The first-order chi connectivity index (χ1) is 17.8. The van der Waals surface area contributed by atoms with E-state index in [0.717, 1.165) is 27.8 Å². The average Bonchev–Trinajstić information content (AvgIpc) is 3.47. The summed E-state index contributed by atoms with van der Waals surface area (Å²) in [5.74, 6) is -0.183. The van der Waals surface area contributed by atoms with Gasteiger partial charge in [0.25, 0.3) is 0 Å². The number of aryl methyl sites for hydroxylation is 1. The molecule has 2 N–H and O–H groups in total. The maximum atomic E-state index is 12.9. The second kappa shape index (κ2) is 10.1. The molecule has 0 spiro atoms. The fraction of sp³-hybridized carbons (Fsp3) is 0.207. The van der Waals surface area contributed by atoms with E-state index in [1.165, 1.54) is 0 Å². The lowest BCUT2D eigenvalue weighted by atomic mass is 9.95. The van der Waals surface area contributed by atoms with Gasteiger partial charge in [-0.2, -0.15) is 0 Å². The fourth-order valence-electron chi connectivity index (χ4n) is 4.62. The molecule has 0 saturated carbocycles. The number of nitrogens with zero attached hydrogens (tertiary/aromatic N) is 1. The van der Waals surface area contributed by atoms with Crippen LogP contribution >= 0.6 is 11.6 Å². The molecular formula is C29H25ClN2O5. The predicted octanol–water partition coefficient (Wildman–Crippen LogP) is 5.16. The van der Waals surface area contributed by atoms with Gasteiger partial charge in [-0.05, 0) is 52.1 Å². The Morgan fingerprint density at radius 3 is 2.41 bits per heavy atom. The van der Waals surface area contributed by atoms with Crippen LogP contribution in [0.1, 0.15) is 28.3 Å². The molecule has 37 heavy (non-hydrogen) atoms. The van der Waals surface area contributed by atoms with Gasteiger partial charge in [0.15, 0.2) is 5.89 Å². The van der Waals surface area contributed by atoms with Crippen LogP contribution in [0, 0.1) is 6.92 Å². The number of amides is 1. The number of aliphatic carboxylic acids is 1. The first-order valence-corrected chi connectivity index (χ1v) is 12.2. The van der Waals surface area contributed by atoms with E-state index in [9.17, 15) is 14.7 Å². The van der Waals surface area contributed by atoms with Crippen molar-refractivity contribution in [3.05, 3.63) is 106 Å². The zero-order chi connectivity index (χ0) is 26.0. The zero-order valence-electron chi connectivity index (χ0n) is 20.2. The van der Waals surface area contributed by atoms with Crippen LogP contribution in [0.3, 0.4) is 0 Å². The Morgan fingerprint density at radius 1 is 1.03 bits per heavy atom. The number of carboxylic acid groups (broad SMARTS) is 1. The fourth-order valence-corrected chi connectivity index (χ4v) is 4.75. The standard InChI is InChI=1S/C29H25ClN2O5/c1-18-31-25(16-36-18)17-37-26-10-2-19(3-11-26)12-27(33)32-29(28(34)35)14-22-5-4-21(13-23(22)15-29)20-6-8-24(30)9-7-20/h2-11,13,16H,12,14-15,17H2,1H3,(H,32,33)(H,34,35). The van der Waals surface area contributed by atoms with Crippen molar-refractivity contribution in [1.29, 1.82) is 0 Å². The van der Waals surface area contributed by atoms with Gasteiger partial charge in [0.2, 0.25) is 5.91 Å². The molecular weight excluding hydrogens is 492 g/mol. The normalized spacial score (nSPS) is 16.3. The number of carboxylic acids is 1. The van der Waals surface area contributed by atoms with Gasteiger partial charge < -0.3 is 19.6 Å². The van der Waals surface area contributed by atoms with Crippen LogP contribution in [0.5, 0.6) is 5.75 Å². The van der Waals surface area contributed by atoms with Crippen molar-refractivity contribution < 1.29 is 23.8 Å². The smallest absolute Gasteiger partial charge is 0.330 e. The molecule has 1 aliphatic carbocycles. The number of aromatic nitrogens is 1. The SMILES string of the molecule is Cc1nc(COc2ccc(CC(=O)NC3(C(=O)O)Cc4ccc(-c5ccc(Cl)cc5)cc4C3)cc2)co1. The maximum absolute atomic E-state index is 12.9. The minimum atomic E-state index is -1.38. The minimum absolute atomic E-state index is 0.0597. The van der Waals surface area contributed by atoms with E-state index in [1.807, 2.05) is 42.5 Å². The third-order valence-electron chi connectivity index (χ3n) is 6.50. The molecule has 1 aromatic heterocycles. The highest BCUT2D eigenvalue weighted by Crippen LogP contribution is 2.34. The third-order valence-corrected chi connectivity index (χ3v) is 6.75. The van der Waals surface area contributed by atoms with Crippen molar-refractivity contribution in [2.24, 2.45) is 0 Å². The van der Waals surface area contributed by atoms with E-state index in [-0.39, 0.29) is 31.8 Å². The molecule has 3 aromatic carbocycles. The van der Waals surface area contributed by atoms with Gasteiger partial charge in [0, 0.05) is 24.8 Å². The number of ether oxygens (including phenoxy) is 1. The molecule has 1 heterocycles. The molecule has 0 fully saturated rings. The van der Waals surface area contributed by atoms with E-state index >= 15 is 0 Å². The molecule has 1 amide bonds. The van der Waals surface area contributed by atoms with Gasteiger partial charge in [-0.3, -0.25) is 4.79 Å². The van der Waals surface area contributed by atoms with Crippen molar-refractivity contribution in [2.45, 2.75) is 38.3 Å². The molecule has 0 aliphatic heterocycles. The number of carbonyl (C=O) groups is 2. The lowest BCUT2D eigenvalue weighted by Gasteiger charge is -2.25. The third kappa shape index (κ3) is 5.52. The minimum Gasteiger partial charge on any atom is -0.487 e. The lowest BCUT2D eigenvalue weighted by molar-refractivity contribution is -0.147. The van der Waals surface area contributed by atoms with Gasteiger partial charge >= 0.3 is 5.97 Å². The van der Waals surface area contributed by atoms with Crippen LogP contribution in [0.25, 0.3) is 11.1 Å². The van der Waals surface area contributed by atoms with Gasteiger partial charge in [-0.25, -0.2) is 9.78 Å². The Bertz CT molecular complexity index is 1450. The van der Waals surface area contributed by atoms with E-state index in [2.05, 4.69) is 10.3 Å². The van der Waals surface area contributed by atoms with Crippen molar-refractivity contribution in [3.63, 3.8) is 0 Å². The van der Waals surface area contributed by atoms with Crippen molar-refractivity contribution in [3.8, 4) is 16.9 Å². The number of rotatable bonds is 8. The van der Waals surface area contributed by atoms with Crippen molar-refractivity contribution in [1.82, 2.24) is 10.3 Å². The summed E-state index contributed by atoms with van der Waals surface area (Å²) in [4.78, 5) is 29.5. The monoisotopic (exact) mass is 516 g/mol. The first-order valence-electron chi connectivity index (χ1n) is 11.8. The van der Waals surface area contributed by atoms with Gasteiger partial charge in [-0.15, -0.1) is 0 Å². The Morgan fingerprint density at radius 2 is 1.73 bits per heavy atom. The summed E-state index contributed by atoms with van der Waals surface area (Å²) in [6.45, 7) is 2.04. The van der Waals surface area contributed by atoms with E-state index in [1.54, 1.807) is 37.5 Å². The van der Waals surface area contributed by atoms with E-state index in [0.29, 0.717) is 22.4 Å². The van der Waals surface area contributed by atoms with Gasteiger partial charge in [0.1, 0.15) is 29.9 Å². The summed E-state index contributed by atoms with van der Waals surface area (Å²) in [7, 11) is 0. The zero-order valence-corrected chi connectivity index (χ0v) is 20.9. The van der Waals surface area contributed by atoms with Crippen molar-refractivity contribution in [2.75, 3.05) is 0 Å². The number of carbonyl (C=O) groups excluding carboxylic acids is 1. The maximum Gasteiger partial charge on any atom is 0.330 e. The van der Waals surface area contributed by atoms with Crippen LogP contribution in [0.15, 0.2) is 77.4 Å². The highest BCUT2D eigenvalue weighted by atomic mass is 35.5. The van der Waals surface area contributed by atoms with E-state index < -0.39 is 11.5 Å².